The van der Waals surface area contributed by atoms with Gasteiger partial charge in [0.25, 0.3) is 5.91 Å². The van der Waals surface area contributed by atoms with Crippen molar-refractivity contribution in [2.75, 3.05) is 13.7 Å². The van der Waals surface area contributed by atoms with E-state index in [-0.39, 0.29) is 11.4 Å². The number of nitrogens with one attached hydrogen (secondary N) is 1. The van der Waals surface area contributed by atoms with E-state index < -0.39 is 17.7 Å². The maximum atomic E-state index is 12.7. The van der Waals surface area contributed by atoms with Crippen LogP contribution >= 0.6 is 0 Å². The summed E-state index contributed by atoms with van der Waals surface area (Å²) >= 11 is 0. The predicted octanol–water partition coefficient (Wildman–Crippen LogP) is 3.10. The molecule has 1 atom stereocenters. The number of fused-ring (bicyclic) bond motifs is 1. The highest BCUT2D eigenvalue weighted by molar-refractivity contribution is 6.08. The Bertz CT molecular complexity index is 1120. The van der Waals surface area contributed by atoms with Crippen molar-refractivity contribution in [1.82, 2.24) is 14.9 Å². The van der Waals surface area contributed by atoms with E-state index in [4.69, 9.17) is 4.74 Å². The van der Waals surface area contributed by atoms with Crippen LogP contribution in [-0.2, 0) is 16.0 Å². The van der Waals surface area contributed by atoms with Crippen LogP contribution in [0.2, 0.25) is 0 Å². The Labute approximate surface area is 167 Å². The van der Waals surface area contributed by atoms with Crippen LogP contribution in [0.5, 0.6) is 5.75 Å². The van der Waals surface area contributed by atoms with Gasteiger partial charge in [-0.2, -0.15) is 0 Å². The molecule has 3 heterocycles. The van der Waals surface area contributed by atoms with Gasteiger partial charge < -0.3 is 19.7 Å². The second-order valence-corrected chi connectivity index (χ2v) is 6.98. The molecular weight excluding hydrogens is 370 g/mol. The number of aliphatic hydroxyl groups is 1. The normalized spacial score (nSPS) is 16.7. The lowest BCUT2D eigenvalue weighted by Crippen LogP contribution is -2.33. The minimum atomic E-state index is -0.645. The number of nitrogens with zero attached hydrogens (tertiary/aromatic N) is 2. The molecule has 0 fully saturated rings. The number of ether oxygens (including phenoxy) is 1. The Morgan fingerprint density at radius 1 is 1.34 bits per heavy atom. The summed E-state index contributed by atoms with van der Waals surface area (Å²) in [5.41, 5.74) is 2.80. The number of H-pyrrole nitrogens is 1. The lowest BCUT2D eigenvalue weighted by Gasteiger charge is -2.26. The van der Waals surface area contributed by atoms with Gasteiger partial charge in [-0.05, 0) is 48.7 Å². The summed E-state index contributed by atoms with van der Waals surface area (Å²) in [7, 11) is 1.62. The van der Waals surface area contributed by atoms with Gasteiger partial charge in [0.2, 0.25) is 0 Å². The molecule has 0 unspecified atom stereocenters. The number of aromatic nitrogens is 2. The zero-order chi connectivity index (χ0) is 20.5. The summed E-state index contributed by atoms with van der Waals surface area (Å²) in [5, 5.41) is 11.4. The average molecular weight is 391 g/mol. The lowest BCUT2D eigenvalue weighted by atomic mass is 9.98. The number of pyridine rings is 1. The van der Waals surface area contributed by atoms with Gasteiger partial charge in [-0.25, -0.2) is 0 Å². The van der Waals surface area contributed by atoms with Gasteiger partial charge in [0.1, 0.15) is 5.75 Å². The first-order chi connectivity index (χ1) is 14.0. The molecule has 2 aromatic heterocycles. The van der Waals surface area contributed by atoms with Crippen LogP contribution in [0.3, 0.4) is 0 Å². The van der Waals surface area contributed by atoms with Gasteiger partial charge in [0, 0.05) is 36.0 Å². The molecular formula is C22H21N3O4. The number of hydrogen-bond acceptors (Lipinski definition) is 5. The average Bonchev–Trinajstić information content (AvgIpc) is 3.25. The topological polar surface area (TPSA) is 95.5 Å². The summed E-state index contributed by atoms with van der Waals surface area (Å²) in [5.74, 6) is -0.598. The van der Waals surface area contributed by atoms with E-state index in [0.29, 0.717) is 18.5 Å². The molecule has 0 spiro atoms. The van der Waals surface area contributed by atoms with Gasteiger partial charge in [-0.1, -0.05) is 6.07 Å². The van der Waals surface area contributed by atoms with Gasteiger partial charge in [0.05, 0.1) is 18.7 Å². The van der Waals surface area contributed by atoms with Crippen LogP contribution in [0, 0.1) is 0 Å². The molecule has 1 amide bonds. The first-order valence-electron chi connectivity index (χ1n) is 9.30. The minimum Gasteiger partial charge on any atom is -0.503 e. The third kappa shape index (κ3) is 3.24. The minimum absolute atomic E-state index is 0.114. The van der Waals surface area contributed by atoms with E-state index in [1.165, 1.54) is 11.8 Å². The maximum absolute atomic E-state index is 12.7. The smallest absolute Gasteiger partial charge is 0.290 e. The molecule has 0 aliphatic carbocycles. The summed E-state index contributed by atoms with van der Waals surface area (Å²) in [6, 6.07) is 8.67. The molecule has 3 aromatic rings. The first-order valence-corrected chi connectivity index (χ1v) is 9.30. The fourth-order valence-electron chi connectivity index (χ4n) is 3.86. The predicted molar refractivity (Wildman–Crippen MR) is 108 cm³/mol. The van der Waals surface area contributed by atoms with Crippen molar-refractivity contribution in [3.63, 3.8) is 0 Å². The highest BCUT2D eigenvalue weighted by Crippen LogP contribution is 2.37. The molecule has 0 saturated heterocycles. The number of amides is 1. The fraction of sp³-hybridized carbons (Fsp3) is 0.227. The quantitative estimate of drug-likeness (QED) is 0.673. The van der Waals surface area contributed by atoms with Crippen molar-refractivity contribution in [1.29, 1.82) is 0 Å². The molecule has 1 aliphatic rings. The van der Waals surface area contributed by atoms with Crippen molar-refractivity contribution in [3.8, 4) is 5.75 Å². The van der Waals surface area contributed by atoms with E-state index in [9.17, 15) is 14.7 Å². The molecule has 0 radical (unpaired) electrons. The van der Waals surface area contributed by atoms with E-state index in [0.717, 1.165) is 22.2 Å². The molecule has 0 saturated carbocycles. The van der Waals surface area contributed by atoms with Crippen molar-refractivity contribution in [3.05, 3.63) is 71.4 Å². The zero-order valence-electron chi connectivity index (χ0n) is 16.2. The van der Waals surface area contributed by atoms with Gasteiger partial charge in [0.15, 0.2) is 11.5 Å². The van der Waals surface area contributed by atoms with Crippen molar-refractivity contribution >= 4 is 22.6 Å². The van der Waals surface area contributed by atoms with Crippen LogP contribution in [-0.4, -0.2) is 45.3 Å². The fourth-order valence-corrected chi connectivity index (χ4v) is 3.86. The van der Waals surface area contributed by atoms with E-state index in [1.54, 1.807) is 31.6 Å². The van der Waals surface area contributed by atoms with Gasteiger partial charge in [-0.3, -0.25) is 14.6 Å². The second-order valence-electron chi connectivity index (χ2n) is 6.98. The molecule has 148 valence electrons. The van der Waals surface area contributed by atoms with Crippen molar-refractivity contribution in [2.24, 2.45) is 0 Å². The number of carbonyl (C=O) groups excluding carboxylic acids is 2. The second kappa shape index (κ2) is 7.43. The molecule has 4 rings (SSSR count). The number of carbonyl (C=O) groups is 2. The SMILES string of the molecule is COc1ccc2[nH]cc(CCN3C(=O)C(O)=C(C(C)=O)[C@H]3c3cccnc3)c2c1. The maximum Gasteiger partial charge on any atom is 0.290 e. The standard InChI is InChI=1S/C22H21N3O4/c1-13(26)19-20(15-4-3-8-23-11-15)25(22(28)21(19)27)9-7-14-12-24-18-6-5-16(29-2)10-17(14)18/h3-6,8,10-12,20,24,27H,7,9H2,1-2H3/t20-/m1/s1. The van der Waals surface area contributed by atoms with E-state index in [2.05, 4.69) is 9.97 Å². The van der Waals surface area contributed by atoms with Crippen LogP contribution in [0.15, 0.2) is 60.3 Å². The Hall–Kier alpha value is -3.61. The number of aliphatic hydroxyl groups excluding tert-OH is 1. The molecule has 7 heteroatoms. The number of methoxy groups -OCH3 is 1. The largest absolute Gasteiger partial charge is 0.503 e. The number of rotatable bonds is 6. The monoisotopic (exact) mass is 391 g/mol. The van der Waals surface area contributed by atoms with Crippen molar-refractivity contribution < 1.29 is 19.4 Å². The third-order valence-electron chi connectivity index (χ3n) is 5.28. The van der Waals surface area contributed by atoms with Crippen LogP contribution in [0.1, 0.15) is 24.1 Å². The van der Waals surface area contributed by atoms with E-state index >= 15 is 0 Å². The summed E-state index contributed by atoms with van der Waals surface area (Å²) < 4.78 is 5.31. The molecule has 1 aliphatic heterocycles. The molecule has 29 heavy (non-hydrogen) atoms. The third-order valence-corrected chi connectivity index (χ3v) is 5.28. The van der Waals surface area contributed by atoms with Crippen LogP contribution < -0.4 is 4.74 Å². The number of aromatic amines is 1. The number of hydrogen-bond donors (Lipinski definition) is 2. The zero-order valence-corrected chi connectivity index (χ0v) is 16.2. The van der Waals surface area contributed by atoms with Crippen molar-refractivity contribution in [2.45, 2.75) is 19.4 Å². The highest BCUT2D eigenvalue weighted by Gasteiger charge is 2.42. The number of Topliss-reactive ketones (excluding diaryl/α,β-unsaturated/α-hetero) is 1. The molecule has 1 aromatic carbocycles. The summed E-state index contributed by atoms with van der Waals surface area (Å²) in [6.45, 7) is 1.70. The first kappa shape index (κ1) is 18.7. The Kier molecular flexibility index (Phi) is 4.80. The molecule has 2 N–H and O–H groups in total. The summed E-state index contributed by atoms with van der Waals surface area (Å²) in [6.07, 6.45) is 5.70. The summed E-state index contributed by atoms with van der Waals surface area (Å²) in [4.78, 5) is 33.8. The Morgan fingerprint density at radius 3 is 2.86 bits per heavy atom. The van der Waals surface area contributed by atoms with Crippen LogP contribution in [0.25, 0.3) is 10.9 Å². The Balaban J connectivity index is 1.65. The highest BCUT2D eigenvalue weighted by atomic mass is 16.5. The van der Waals surface area contributed by atoms with E-state index in [1.807, 2.05) is 24.4 Å². The molecule has 0 bridgehead atoms. The lowest BCUT2D eigenvalue weighted by molar-refractivity contribution is -0.129. The number of benzene rings is 1. The van der Waals surface area contributed by atoms with Gasteiger partial charge in [-0.15, -0.1) is 0 Å². The van der Waals surface area contributed by atoms with Crippen LogP contribution in [0.4, 0.5) is 0 Å². The molecule has 7 nitrogen and oxygen atoms in total. The number of ketones is 1. The Morgan fingerprint density at radius 2 is 2.17 bits per heavy atom. The van der Waals surface area contributed by atoms with Gasteiger partial charge >= 0.3 is 0 Å².